The van der Waals surface area contributed by atoms with Crippen molar-refractivity contribution in [2.45, 2.75) is 19.1 Å². The fraction of sp³-hybridized carbons (Fsp3) is 0.296. The van der Waals surface area contributed by atoms with Gasteiger partial charge in [0.2, 0.25) is 5.78 Å². The molecule has 2 aliphatic heterocycles. The summed E-state index contributed by atoms with van der Waals surface area (Å²) < 4.78 is 14.4. The van der Waals surface area contributed by atoms with Crippen LogP contribution >= 0.6 is 0 Å². The molecule has 3 heterocycles. The molecule has 1 fully saturated rings. The highest BCUT2D eigenvalue weighted by Crippen LogP contribution is 2.40. The van der Waals surface area contributed by atoms with Crippen LogP contribution in [0.15, 0.2) is 66.7 Å². The van der Waals surface area contributed by atoms with Crippen LogP contribution in [-0.4, -0.2) is 54.2 Å². The number of ketones is 1. The molecule has 0 amide bonds. The molecule has 2 aliphatic rings. The Morgan fingerprint density at radius 3 is 2.59 bits per heavy atom. The molecule has 0 spiro atoms. The van der Waals surface area contributed by atoms with Crippen LogP contribution in [-0.2, 0) is 4.74 Å². The summed E-state index contributed by atoms with van der Waals surface area (Å²) in [6, 6.07) is 22.2. The molecule has 0 saturated carbocycles. The predicted molar refractivity (Wildman–Crippen MR) is 126 cm³/mol. The lowest BCUT2D eigenvalue weighted by molar-refractivity contribution is 0.0175. The largest absolute Gasteiger partial charge is 0.478 e. The number of nitrogens with zero attached hydrogens (tertiary/aromatic N) is 2. The first kappa shape index (κ1) is 19.5. The molecule has 2 atom stereocenters. The van der Waals surface area contributed by atoms with Crippen molar-refractivity contribution in [1.82, 2.24) is 9.47 Å². The number of hydrogen-bond donors (Lipinski definition) is 0. The van der Waals surface area contributed by atoms with Crippen LogP contribution < -0.4 is 4.74 Å². The number of hydrogen-bond acceptors (Lipinski definition) is 4. The van der Waals surface area contributed by atoms with Crippen molar-refractivity contribution in [3.63, 3.8) is 0 Å². The molecule has 162 valence electrons. The molecular formula is C27H26N2O3. The number of rotatable bonds is 4. The van der Waals surface area contributed by atoms with Crippen LogP contribution in [0.1, 0.15) is 22.1 Å². The van der Waals surface area contributed by atoms with Gasteiger partial charge in [-0.25, -0.2) is 0 Å². The van der Waals surface area contributed by atoms with Gasteiger partial charge in [-0.05, 0) is 29.8 Å². The number of para-hydroxylation sites is 1. The van der Waals surface area contributed by atoms with E-state index in [2.05, 4.69) is 28.5 Å². The van der Waals surface area contributed by atoms with E-state index in [-0.39, 0.29) is 11.8 Å². The van der Waals surface area contributed by atoms with Crippen LogP contribution in [0, 0.1) is 6.92 Å². The third-order valence-electron chi connectivity index (χ3n) is 6.81. The molecule has 5 heteroatoms. The Bertz CT molecular complexity index is 1310. The third kappa shape index (κ3) is 3.12. The van der Waals surface area contributed by atoms with Crippen molar-refractivity contribution >= 4 is 27.5 Å². The van der Waals surface area contributed by atoms with Crippen LogP contribution in [0.5, 0.6) is 5.75 Å². The van der Waals surface area contributed by atoms with Crippen molar-refractivity contribution in [3.05, 3.63) is 78.0 Å². The zero-order chi connectivity index (χ0) is 21.7. The summed E-state index contributed by atoms with van der Waals surface area (Å²) in [5, 5.41) is 3.20. The molecule has 1 saturated heterocycles. The van der Waals surface area contributed by atoms with Gasteiger partial charge in [0.15, 0.2) is 6.10 Å². The lowest BCUT2D eigenvalue weighted by Crippen LogP contribution is -2.48. The average Bonchev–Trinajstić information content (AvgIpc) is 3.18. The van der Waals surface area contributed by atoms with Gasteiger partial charge in [0.05, 0.1) is 24.8 Å². The van der Waals surface area contributed by atoms with E-state index < -0.39 is 6.10 Å². The van der Waals surface area contributed by atoms with E-state index in [4.69, 9.17) is 9.47 Å². The number of carbonyl (C=O) groups excluding carboxylic acids is 1. The molecule has 5 nitrogen and oxygen atoms in total. The average molecular weight is 427 g/mol. The molecule has 0 N–H and O–H groups in total. The third-order valence-corrected chi connectivity index (χ3v) is 6.81. The first-order valence-corrected chi connectivity index (χ1v) is 11.3. The zero-order valence-corrected chi connectivity index (χ0v) is 18.2. The number of fused-ring (bicyclic) bond motifs is 1. The maximum absolute atomic E-state index is 14.0. The molecule has 0 radical (unpaired) electrons. The molecule has 4 aromatic rings. The normalized spacial score (nSPS) is 21.0. The molecular weight excluding hydrogens is 400 g/mol. The van der Waals surface area contributed by atoms with E-state index >= 15 is 0 Å². The highest BCUT2D eigenvalue weighted by molar-refractivity contribution is 6.10. The number of ether oxygens (including phenoxy) is 2. The minimum Gasteiger partial charge on any atom is -0.478 e. The van der Waals surface area contributed by atoms with Gasteiger partial charge in [0, 0.05) is 36.3 Å². The quantitative estimate of drug-likeness (QED) is 0.447. The molecule has 32 heavy (non-hydrogen) atoms. The summed E-state index contributed by atoms with van der Waals surface area (Å²) in [5.41, 5.74) is 2.97. The maximum Gasteiger partial charge on any atom is 0.206 e. The molecule has 1 aromatic heterocycles. The van der Waals surface area contributed by atoms with Gasteiger partial charge in [0.1, 0.15) is 5.75 Å². The molecule has 3 aromatic carbocycles. The van der Waals surface area contributed by atoms with E-state index in [9.17, 15) is 4.79 Å². The summed E-state index contributed by atoms with van der Waals surface area (Å²) in [6.07, 6.45) is -0.590. The minimum atomic E-state index is -0.590. The van der Waals surface area contributed by atoms with Crippen molar-refractivity contribution in [2.75, 3.05) is 32.8 Å². The second kappa shape index (κ2) is 7.76. The Labute approximate surface area is 187 Å². The number of carbonyl (C=O) groups is 1. The highest BCUT2D eigenvalue weighted by atomic mass is 16.5. The van der Waals surface area contributed by atoms with E-state index in [1.54, 1.807) is 0 Å². The summed E-state index contributed by atoms with van der Waals surface area (Å²) in [6.45, 7) is 6.08. The lowest BCUT2D eigenvalue weighted by atomic mass is 9.94. The molecule has 0 unspecified atom stereocenters. The Hall–Kier alpha value is -3.15. The fourth-order valence-electron chi connectivity index (χ4n) is 5.31. The standard InChI is InChI=1S/C27H26N2O3/c1-18-16-20-8-5-11-24-25(20)29(18)23(17-28-12-14-31-15-13-28)27(32-24)26(30)22-10-4-7-19-6-2-3-9-21(19)22/h2-11,16,23,27H,12-15,17H2,1H3/t23-,27+/m1/s1. The lowest BCUT2D eigenvalue weighted by Gasteiger charge is -2.38. The summed E-state index contributed by atoms with van der Waals surface area (Å²) >= 11 is 0. The number of Topliss-reactive ketones (excluding diaryl/α,β-unsaturated/α-hetero) is 1. The zero-order valence-electron chi connectivity index (χ0n) is 18.2. The maximum atomic E-state index is 14.0. The number of aromatic nitrogens is 1. The first-order chi connectivity index (χ1) is 15.7. The Balaban J connectivity index is 1.47. The van der Waals surface area contributed by atoms with Gasteiger partial charge in [0.25, 0.3) is 0 Å². The van der Waals surface area contributed by atoms with Gasteiger partial charge in [-0.15, -0.1) is 0 Å². The van der Waals surface area contributed by atoms with E-state index in [1.807, 2.05) is 54.6 Å². The molecule has 0 bridgehead atoms. The van der Waals surface area contributed by atoms with E-state index in [0.29, 0.717) is 0 Å². The van der Waals surface area contributed by atoms with Gasteiger partial charge in [-0.3, -0.25) is 9.69 Å². The fourth-order valence-corrected chi connectivity index (χ4v) is 5.31. The van der Waals surface area contributed by atoms with Crippen molar-refractivity contribution < 1.29 is 14.3 Å². The van der Waals surface area contributed by atoms with E-state index in [1.165, 1.54) is 0 Å². The molecule has 0 aliphatic carbocycles. The predicted octanol–water partition coefficient (Wildman–Crippen LogP) is 4.62. The van der Waals surface area contributed by atoms with Gasteiger partial charge < -0.3 is 14.0 Å². The molecule has 6 rings (SSSR count). The van der Waals surface area contributed by atoms with Crippen molar-refractivity contribution in [2.24, 2.45) is 0 Å². The summed E-state index contributed by atoms with van der Waals surface area (Å²) in [5.74, 6) is 0.822. The van der Waals surface area contributed by atoms with Crippen molar-refractivity contribution in [1.29, 1.82) is 0 Å². The van der Waals surface area contributed by atoms with Crippen LogP contribution in [0.3, 0.4) is 0 Å². The van der Waals surface area contributed by atoms with Crippen LogP contribution in [0.4, 0.5) is 0 Å². The van der Waals surface area contributed by atoms with Crippen molar-refractivity contribution in [3.8, 4) is 5.75 Å². The smallest absolute Gasteiger partial charge is 0.206 e. The number of benzene rings is 3. The monoisotopic (exact) mass is 426 g/mol. The number of aryl methyl sites for hydroxylation is 1. The van der Waals surface area contributed by atoms with Crippen LogP contribution in [0.2, 0.25) is 0 Å². The van der Waals surface area contributed by atoms with Gasteiger partial charge in [-0.1, -0.05) is 54.6 Å². The highest BCUT2D eigenvalue weighted by Gasteiger charge is 2.39. The Kier molecular flexibility index (Phi) is 4.74. The second-order valence-corrected chi connectivity index (χ2v) is 8.76. The first-order valence-electron chi connectivity index (χ1n) is 11.3. The Morgan fingerprint density at radius 2 is 1.72 bits per heavy atom. The Morgan fingerprint density at radius 1 is 0.969 bits per heavy atom. The summed E-state index contributed by atoms with van der Waals surface area (Å²) in [4.78, 5) is 16.4. The van der Waals surface area contributed by atoms with Gasteiger partial charge in [-0.2, -0.15) is 0 Å². The second-order valence-electron chi connectivity index (χ2n) is 8.76. The van der Waals surface area contributed by atoms with Crippen LogP contribution in [0.25, 0.3) is 21.7 Å². The number of morpholine rings is 1. The van der Waals surface area contributed by atoms with E-state index in [0.717, 1.165) is 71.5 Å². The topological polar surface area (TPSA) is 43.7 Å². The summed E-state index contributed by atoms with van der Waals surface area (Å²) in [7, 11) is 0. The minimum absolute atomic E-state index is 0.0378. The van der Waals surface area contributed by atoms with Gasteiger partial charge >= 0.3 is 0 Å². The SMILES string of the molecule is Cc1cc2cccc3c2n1[C@H](CN1CCOCC1)[C@@H](C(=O)c1cccc2ccccc12)O3.